The number of nitrogens with two attached hydrogens (primary N) is 2. The van der Waals surface area contributed by atoms with Crippen LogP contribution in [0.15, 0.2) is 4.99 Å². The summed E-state index contributed by atoms with van der Waals surface area (Å²) in [5.74, 6) is 0.205. The van der Waals surface area contributed by atoms with E-state index in [4.69, 9.17) is 11.5 Å². The number of rotatable bonds is 3. The van der Waals surface area contributed by atoms with E-state index in [0.29, 0.717) is 0 Å². The van der Waals surface area contributed by atoms with Crippen LogP contribution in [-0.4, -0.2) is 61.1 Å². The third-order valence-corrected chi connectivity index (χ3v) is 3.63. The van der Waals surface area contributed by atoms with E-state index in [1.807, 2.05) is 0 Å². The zero-order valence-electron chi connectivity index (χ0n) is 9.94. The molecule has 5 nitrogen and oxygen atoms in total. The Hall–Kier alpha value is -0.810. The van der Waals surface area contributed by atoms with Gasteiger partial charge in [0.1, 0.15) is 0 Å². The number of hydrogen-bond acceptors (Lipinski definition) is 3. The lowest BCUT2D eigenvalue weighted by Crippen LogP contribution is -2.55. The molecule has 2 rings (SSSR count). The molecule has 2 heterocycles. The molecule has 0 aromatic carbocycles. The number of piperazine rings is 1. The number of aliphatic imine (C=N–C) groups is 1. The van der Waals surface area contributed by atoms with Gasteiger partial charge in [0.15, 0.2) is 5.96 Å². The summed E-state index contributed by atoms with van der Waals surface area (Å²) >= 11 is 0. The average Bonchev–Trinajstić information content (AvgIpc) is 2.28. The van der Waals surface area contributed by atoms with Gasteiger partial charge in [-0.15, -0.1) is 0 Å². The van der Waals surface area contributed by atoms with E-state index in [1.165, 1.54) is 38.9 Å². The molecular formula is C11H23N5. The zero-order chi connectivity index (χ0) is 11.4. The van der Waals surface area contributed by atoms with Crippen LogP contribution in [0.4, 0.5) is 0 Å². The lowest BCUT2D eigenvalue weighted by atomic mass is 9.99. The SMILES string of the molecule is NC(N)=NCCN1CCN2CCCC[C@H]2C1. The summed E-state index contributed by atoms with van der Waals surface area (Å²) in [5.41, 5.74) is 10.6. The van der Waals surface area contributed by atoms with Gasteiger partial charge in [0.25, 0.3) is 0 Å². The van der Waals surface area contributed by atoms with E-state index in [0.717, 1.165) is 25.7 Å². The first-order valence-corrected chi connectivity index (χ1v) is 6.27. The van der Waals surface area contributed by atoms with Crippen LogP contribution in [0.3, 0.4) is 0 Å². The Balaban J connectivity index is 1.74. The highest BCUT2D eigenvalue weighted by molar-refractivity contribution is 5.75. The minimum atomic E-state index is 0.205. The van der Waals surface area contributed by atoms with Gasteiger partial charge < -0.3 is 11.5 Å². The largest absolute Gasteiger partial charge is 0.370 e. The molecule has 2 saturated heterocycles. The monoisotopic (exact) mass is 225 g/mol. The van der Waals surface area contributed by atoms with Crippen LogP contribution in [-0.2, 0) is 0 Å². The summed E-state index contributed by atoms with van der Waals surface area (Å²) < 4.78 is 0. The fourth-order valence-corrected chi connectivity index (χ4v) is 2.74. The fourth-order valence-electron chi connectivity index (χ4n) is 2.74. The molecule has 0 bridgehead atoms. The number of fused-ring (bicyclic) bond motifs is 1. The summed E-state index contributed by atoms with van der Waals surface area (Å²) in [6.07, 6.45) is 4.13. The van der Waals surface area contributed by atoms with Crippen molar-refractivity contribution in [2.75, 3.05) is 39.3 Å². The van der Waals surface area contributed by atoms with Crippen molar-refractivity contribution in [3.8, 4) is 0 Å². The molecule has 2 fully saturated rings. The number of piperidine rings is 1. The van der Waals surface area contributed by atoms with E-state index >= 15 is 0 Å². The second-order valence-electron chi connectivity index (χ2n) is 4.79. The molecule has 16 heavy (non-hydrogen) atoms. The number of hydrogen-bond donors (Lipinski definition) is 2. The predicted octanol–water partition coefficient (Wildman–Crippen LogP) is -0.570. The number of nitrogens with zero attached hydrogens (tertiary/aromatic N) is 3. The Labute approximate surface area is 97.5 Å². The van der Waals surface area contributed by atoms with Gasteiger partial charge in [-0.1, -0.05) is 6.42 Å². The van der Waals surface area contributed by atoms with Crippen molar-refractivity contribution in [2.45, 2.75) is 25.3 Å². The minimum Gasteiger partial charge on any atom is -0.370 e. The molecule has 4 N–H and O–H groups in total. The third-order valence-electron chi connectivity index (χ3n) is 3.63. The van der Waals surface area contributed by atoms with Crippen molar-refractivity contribution < 1.29 is 0 Å². The molecule has 92 valence electrons. The lowest BCUT2D eigenvalue weighted by molar-refractivity contribution is 0.0511. The van der Waals surface area contributed by atoms with Gasteiger partial charge in [0.2, 0.25) is 0 Å². The summed E-state index contributed by atoms with van der Waals surface area (Å²) in [6.45, 7) is 6.59. The minimum absolute atomic E-state index is 0.205. The molecule has 0 radical (unpaired) electrons. The second kappa shape index (κ2) is 5.50. The quantitative estimate of drug-likeness (QED) is 0.498. The van der Waals surface area contributed by atoms with Gasteiger partial charge in [-0.25, -0.2) is 0 Å². The molecule has 0 unspecified atom stereocenters. The first-order valence-electron chi connectivity index (χ1n) is 6.27. The van der Waals surface area contributed by atoms with E-state index in [2.05, 4.69) is 14.8 Å². The van der Waals surface area contributed by atoms with Crippen LogP contribution in [0.5, 0.6) is 0 Å². The normalized spacial score (nSPS) is 27.4. The Morgan fingerprint density at radius 3 is 2.88 bits per heavy atom. The van der Waals surface area contributed by atoms with Crippen LogP contribution in [0.1, 0.15) is 19.3 Å². The molecule has 0 spiro atoms. The molecule has 2 aliphatic heterocycles. The fraction of sp³-hybridized carbons (Fsp3) is 0.909. The molecular weight excluding hydrogens is 202 g/mol. The molecule has 1 atom stereocenters. The van der Waals surface area contributed by atoms with E-state index in [9.17, 15) is 0 Å². The van der Waals surface area contributed by atoms with Crippen molar-refractivity contribution >= 4 is 5.96 Å². The smallest absolute Gasteiger partial charge is 0.185 e. The molecule has 0 amide bonds. The molecule has 5 heteroatoms. The van der Waals surface area contributed by atoms with Crippen molar-refractivity contribution in [1.82, 2.24) is 9.80 Å². The van der Waals surface area contributed by atoms with E-state index in [1.54, 1.807) is 0 Å². The van der Waals surface area contributed by atoms with Crippen LogP contribution in [0, 0.1) is 0 Å². The Morgan fingerprint density at radius 2 is 2.06 bits per heavy atom. The summed E-state index contributed by atoms with van der Waals surface area (Å²) in [5, 5.41) is 0. The van der Waals surface area contributed by atoms with Crippen LogP contribution in [0.25, 0.3) is 0 Å². The van der Waals surface area contributed by atoms with Crippen LogP contribution in [0.2, 0.25) is 0 Å². The van der Waals surface area contributed by atoms with Crippen LogP contribution < -0.4 is 11.5 Å². The van der Waals surface area contributed by atoms with E-state index in [-0.39, 0.29) is 5.96 Å². The van der Waals surface area contributed by atoms with Gasteiger partial charge in [0.05, 0.1) is 6.54 Å². The number of guanidine groups is 1. The average molecular weight is 225 g/mol. The van der Waals surface area contributed by atoms with Gasteiger partial charge in [-0.2, -0.15) is 0 Å². The maximum Gasteiger partial charge on any atom is 0.185 e. The first-order chi connectivity index (χ1) is 7.75. The zero-order valence-corrected chi connectivity index (χ0v) is 9.94. The predicted molar refractivity (Wildman–Crippen MR) is 66.3 cm³/mol. The Morgan fingerprint density at radius 1 is 1.19 bits per heavy atom. The van der Waals surface area contributed by atoms with Crippen molar-refractivity contribution in [3.63, 3.8) is 0 Å². The topological polar surface area (TPSA) is 70.9 Å². The Kier molecular flexibility index (Phi) is 4.01. The van der Waals surface area contributed by atoms with Gasteiger partial charge in [-0.3, -0.25) is 14.8 Å². The molecule has 0 saturated carbocycles. The summed E-state index contributed by atoms with van der Waals surface area (Å²) in [6, 6.07) is 0.779. The van der Waals surface area contributed by atoms with Gasteiger partial charge in [-0.05, 0) is 19.4 Å². The van der Waals surface area contributed by atoms with Gasteiger partial charge in [0, 0.05) is 32.2 Å². The summed E-state index contributed by atoms with van der Waals surface area (Å²) in [4.78, 5) is 9.16. The Bertz CT molecular complexity index is 249. The molecule has 0 aromatic rings. The highest BCUT2D eigenvalue weighted by atomic mass is 15.3. The summed E-state index contributed by atoms with van der Waals surface area (Å²) in [7, 11) is 0. The van der Waals surface area contributed by atoms with Crippen molar-refractivity contribution in [3.05, 3.63) is 0 Å². The molecule has 0 aromatic heterocycles. The maximum atomic E-state index is 5.32. The second-order valence-corrected chi connectivity index (χ2v) is 4.79. The third kappa shape index (κ3) is 3.09. The molecule has 0 aliphatic carbocycles. The van der Waals surface area contributed by atoms with Gasteiger partial charge >= 0.3 is 0 Å². The highest BCUT2D eigenvalue weighted by Gasteiger charge is 2.28. The van der Waals surface area contributed by atoms with Crippen molar-refractivity contribution in [1.29, 1.82) is 0 Å². The lowest BCUT2D eigenvalue weighted by Gasteiger charge is -2.43. The maximum absolute atomic E-state index is 5.32. The highest BCUT2D eigenvalue weighted by Crippen LogP contribution is 2.20. The first kappa shape index (κ1) is 11.7. The molecule has 2 aliphatic rings. The van der Waals surface area contributed by atoms with Crippen molar-refractivity contribution in [2.24, 2.45) is 16.5 Å². The van der Waals surface area contributed by atoms with E-state index < -0.39 is 0 Å². The standard InChI is InChI=1S/C11H23N5/c12-11(13)14-4-6-15-7-8-16-5-2-1-3-10(16)9-15/h10H,1-9H2,(H4,12,13,14)/t10-/m0/s1. The van der Waals surface area contributed by atoms with Crippen LogP contribution >= 0.6 is 0 Å².